The zero-order valence-electron chi connectivity index (χ0n) is 14.0. The maximum absolute atomic E-state index is 10.9. The van der Waals surface area contributed by atoms with Crippen LogP contribution in [-0.4, -0.2) is 5.11 Å². The molecular weight excluding hydrogens is 311 g/mol. The summed E-state index contributed by atoms with van der Waals surface area (Å²) in [5.74, 6) is 0.383. The van der Waals surface area contributed by atoms with Crippen LogP contribution < -0.4 is 10.6 Å². The molecule has 3 rings (SSSR count). The first-order valence-corrected chi connectivity index (χ1v) is 9.38. The Morgan fingerprint density at radius 3 is 1.62 bits per heavy atom. The second-order valence-electron chi connectivity index (χ2n) is 5.81. The van der Waals surface area contributed by atoms with Crippen molar-refractivity contribution in [1.82, 2.24) is 0 Å². The van der Waals surface area contributed by atoms with Crippen molar-refractivity contribution >= 4 is 24.3 Å². The van der Waals surface area contributed by atoms with Crippen LogP contribution in [0.25, 0.3) is 5.76 Å². The molecule has 3 aromatic rings. The Morgan fingerprint density at radius 2 is 1.17 bits per heavy atom. The van der Waals surface area contributed by atoms with Crippen LogP contribution in [0.4, 0.5) is 0 Å². The van der Waals surface area contributed by atoms with E-state index in [-0.39, 0.29) is 0 Å². The van der Waals surface area contributed by atoms with Crippen LogP contribution in [0.3, 0.4) is 0 Å². The highest BCUT2D eigenvalue weighted by molar-refractivity contribution is 7.76. The summed E-state index contributed by atoms with van der Waals surface area (Å²) in [6, 6.07) is 28.9. The van der Waals surface area contributed by atoms with Crippen molar-refractivity contribution in [2.24, 2.45) is 0 Å². The molecule has 1 N–H and O–H groups in total. The van der Waals surface area contributed by atoms with Gasteiger partial charge in [0.25, 0.3) is 0 Å². The van der Waals surface area contributed by atoms with Crippen LogP contribution in [0, 0.1) is 6.92 Å². The molecule has 0 bridgehead atoms. The lowest BCUT2D eigenvalue weighted by Crippen LogP contribution is -2.12. The van der Waals surface area contributed by atoms with Gasteiger partial charge in [-0.1, -0.05) is 90.5 Å². The van der Waals surface area contributed by atoms with Crippen molar-refractivity contribution in [2.45, 2.75) is 13.8 Å². The second kappa shape index (κ2) is 7.47. The molecule has 0 aromatic heterocycles. The molecule has 3 aromatic carbocycles. The molecular formula is C22H21OP. The zero-order chi connectivity index (χ0) is 16.9. The van der Waals surface area contributed by atoms with Gasteiger partial charge < -0.3 is 5.11 Å². The van der Waals surface area contributed by atoms with Gasteiger partial charge in [0, 0.05) is 10.9 Å². The summed E-state index contributed by atoms with van der Waals surface area (Å²) in [4.78, 5) is 0. The molecule has 0 aliphatic rings. The smallest absolute Gasteiger partial charge is 0.126 e. The number of aliphatic hydroxyl groups is 1. The molecule has 0 aliphatic carbocycles. The number of hydrogen-bond donors (Lipinski definition) is 1. The van der Waals surface area contributed by atoms with E-state index in [4.69, 9.17) is 0 Å². The molecule has 24 heavy (non-hydrogen) atoms. The minimum Gasteiger partial charge on any atom is -0.507 e. The Balaban J connectivity index is 2.11. The van der Waals surface area contributed by atoms with Gasteiger partial charge in [-0.3, -0.25) is 0 Å². The number of aliphatic hydroxyl groups excluding tert-OH is 1. The van der Waals surface area contributed by atoms with E-state index in [1.165, 1.54) is 16.2 Å². The average molecular weight is 332 g/mol. The lowest BCUT2D eigenvalue weighted by atomic mass is 10.1. The third kappa shape index (κ3) is 3.58. The van der Waals surface area contributed by atoms with Crippen molar-refractivity contribution in [2.75, 3.05) is 0 Å². The van der Waals surface area contributed by atoms with Crippen molar-refractivity contribution in [3.63, 3.8) is 0 Å². The fourth-order valence-corrected chi connectivity index (χ4v) is 5.07. The second-order valence-corrected chi connectivity index (χ2v) is 8.18. The molecule has 0 radical (unpaired) electrons. The largest absolute Gasteiger partial charge is 0.507 e. The van der Waals surface area contributed by atoms with Crippen molar-refractivity contribution in [3.05, 3.63) is 101 Å². The van der Waals surface area contributed by atoms with E-state index < -0.39 is 7.92 Å². The summed E-state index contributed by atoms with van der Waals surface area (Å²) < 4.78 is 0. The standard InChI is InChI=1S/C22H21OP/c1-17-13-15-19(16-14-17)22(23)18(2)24(20-9-5-3-6-10-20)21-11-7-4-8-12-21/h3-16,23H,1-2H3/b22-18-. The van der Waals surface area contributed by atoms with Gasteiger partial charge in [0.15, 0.2) is 0 Å². The van der Waals surface area contributed by atoms with Gasteiger partial charge in [0.05, 0.1) is 0 Å². The number of aryl methyl sites for hydroxylation is 1. The SMILES string of the molecule is C/C(=C(/O)c1ccc(C)cc1)P(c1ccccc1)c1ccccc1. The maximum atomic E-state index is 10.9. The predicted molar refractivity (Wildman–Crippen MR) is 105 cm³/mol. The van der Waals surface area contributed by atoms with Gasteiger partial charge in [-0.25, -0.2) is 0 Å². The van der Waals surface area contributed by atoms with Gasteiger partial charge in [-0.15, -0.1) is 0 Å². The monoisotopic (exact) mass is 332 g/mol. The summed E-state index contributed by atoms with van der Waals surface area (Å²) in [6.45, 7) is 4.10. The molecule has 0 unspecified atom stereocenters. The highest BCUT2D eigenvalue weighted by Gasteiger charge is 2.19. The number of hydrogen-bond acceptors (Lipinski definition) is 1. The van der Waals surface area contributed by atoms with Crippen molar-refractivity contribution < 1.29 is 5.11 Å². The van der Waals surface area contributed by atoms with E-state index in [2.05, 4.69) is 55.5 Å². The van der Waals surface area contributed by atoms with E-state index in [1.54, 1.807) is 0 Å². The lowest BCUT2D eigenvalue weighted by Gasteiger charge is -2.21. The Hall–Kier alpha value is -2.37. The van der Waals surface area contributed by atoms with Crippen LogP contribution in [0.5, 0.6) is 0 Å². The molecule has 120 valence electrons. The van der Waals surface area contributed by atoms with E-state index in [0.717, 1.165) is 10.9 Å². The molecule has 1 nitrogen and oxygen atoms in total. The van der Waals surface area contributed by atoms with Crippen LogP contribution >= 0.6 is 7.92 Å². The van der Waals surface area contributed by atoms with Crippen molar-refractivity contribution in [3.8, 4) is 0 Å². The fraction of sp³-hybridized carbons (Fsp3) is 0.0909. The van der Waals surface area contributed by atoms with E-state index in [0.29, 0.717) is 5.76 Å². The van der Waals surface area contributed by atoms with Gasteiger partial charge in [0.2, 0.25) is 0 Å². The minimum absolute atomic E-state index is 0.383. The van der Waals surface area contributed by atoms with Crippen LogP contribution in [0.2, 0.25) is 0 Å². The molecule has 0 fully saturated rings. The first-order chi connectivity index (χ1) is 11.7. The topological polar surface area (TPSA) is 20.2 Å². The zero-order valence-corrected chi connectivity index (χ0v) is 14.9. The predicted octanol–water partition coefficient (Wildman–Crippen LogP) is 5.37. The summed E-state index contributed by atoms with van der Waals surface area (Å²) in [5.41, 5.74) is 2.06. The summed E-state index contributed by atoms with van der Waals surface area (Å²) in [6.07, 6.45) is 0. The maximum Gasteiger partial charge on any atom is 0.126 e. The van der Waals surface area contributed by atoms with Crippen molar-refractivity contribution in [1.29, 1.82) is 0 Å². The Labute approximate surface area is 145 Å². The molecule has 0 saturated carbocycles. The van der Waals surface area contributed by atoms with E-state index >= 15 is 0 Å². The lowest BCUT2D eigenvalue weighted by molar-refractivity contribution is 0.509. The van der Waals surface area contributed by atoms with Gasteiger partial charge in [-0.05, 0) is 32.4 Å². The first kappa shape index (κ1) is 16.5. The van der Waals surface area contributed by atoms with Crippen LogP contribution in [0.1, 0.15) is 18.1 Å². The third-order valence-corrected chi connectivity index (χ3v) is 6.54. The third-order valence-electron chi connectivity index (χ3n) is 4.03. The fourth-order valence-electron chi connectivity index (χ4n) is 2.72. The Bertz CT molecular complexity index is 781. The molecule has 0 spiro atoms. The molecule has 0 amide bonds. The normalized spacial score (nSPS) is 12.1. The molecule has 0 heterocycles. The number of rotatable bonds is 4. The number of benzene rings is 3. The van der Waals surface area contributed by atoms with Gasteiger partial charge >= 0.3 is 0 Å². The summed E-state index contributed by atoms with van der Waals surface area (Å²) >= 11 is 0. The highest BCUT2D eigenvalue weighted by atomic mass is 31.1. The summed E-state index contributed by atoms with van der Waals surface area (Å²) in [5, 5.41) is 14.4. The van der Waals surface area contributed by atoms with Gasteiger partial charge in [-0.2, -0.15) is 0 Å². The average Bonchev–Trinajstić information content (AvgIpc) is 2.64. The Kier molecular flexibility index (Phi) is 5.13. The number of allylic oxidation sites excluding steroid dienone is 1. The van der Waals surface area contributed by atoms with E-state index in [9.17, 15) is 5.11 Å². The van der Waals surface area contributed by atoms with Gasteiger partial charge in [0.1, 0.15) is 5.76 Å². The molecule has 0 atom stereocenters. The minimum atomic E-state index is -0.753. The quantitative estimate of drug-likeness (QED) is 0.503. The van der Waals surface area contributed by atoms with Crippen LogP contribution in [0.15, 0.2) is 90.2 Å². The van der Waals surface area contributed by atoms with E-state index in [1.807, 2.05) is 43.3 Å². The summed E-state index contributed by atoms with van der Waals surface area (Å²) in [7, 11) is -0.753. The Morgan fingerprint density at radius 1 is 0.708 bits per heavy atom. The molecule has 0 aliphatic heterocycles. The molecule has 2 heteroatoms. The first-order valence-electron chi connectivity index (χ1n) is 8.04. The van der Waals surface area contributed by atoms with Crippen LogP contribution in [-0.2, 0) is 0 Å². The molecule has 0 saturated heterocycles. The highest BCUT2D eigenvalue weighted by Crippen LogP contribution is 2.45.